The number of primary amides is 1. The third-order valence-corrected chi connectivity index (χ3v) is 2.18. The van der Waals surface area contributed by atoms with Gasteiger partial charge in [0.15, 0.2) is 11.5 Å². The number of carbonyl (C=O) groups excluding carboxylic acids is 1. The minimum Gasteiger partial charge on any atom is -0.493 e. The fourth-order valence-electron chi connectivity index (χ4n) is 1.26. The maximum atomic E-state index is 10.9. The molecule has 1 amide bonds. The van der Waals surface area contributed by atoms with Crippen LogP contribution >= 0.6 is 0 Å². The molecule has 0 fully saturated rings. The van der Waals surface area contributed by atoms with Gasteiger partial charge in [0.1, 0.15) is 0 Å². The summed E-state index contributed by atoms with van der Waals surface area (Å²) >= 11 is 0. The van der Waals surface area contributed by atoms with Crippen LogP contribution in [-0.2, 0) is 4.79 Å². The molecule has 0 aliphatic rings. The Hall–Kier alpha value is -1.97. The van der Waals surface area contributed by atoms with E-state index in [0.29, 0.717) is 17.1 Å². The molecule has 0 aromatic heterocycles. The van der Waals surface area contributed by atoms with Gasteiger partial charge in [-0.15, -0.1) is 0 Å². The second-order valence-corrected chi connectivity index (χ2v) is 3.31. The Labute approximate surface area is 94.7 Å². The van der Waals surface area contributed by atoms with E-state index in [9.17, 15) is 4.79 Å². The summed E-state index contributed by atoms with van der Waals surface area (Å²) in [5.74, 6) is 0.833. The van der Waals surface area contributed by atoms with Crippen molar-refractivity contribution in [2.45, 2.75) is 6.92 Å². The van der Waals surface area contributed by atoms with E-state index in [0.717, 1.165) is 5.56 Å². The second-order valence-electron chi connectivity index (χ2n) is 3.31. The second kappa shape index (κ2) is 5.21. The van der Waals surface area contributed by atoms with E-state index in [-0.39, 0.29) is 0 Å². The third kappa shape index (κ3) is 2.76. The summed E-state index contributed by atoms with van der Waals surface area (Å²) in [4.78, 5) is 10.9. The zero-order valence-electron chi connectivity index (χ0n) is 9.61. The monoisotopic (exact) mass is 221 g/mol. The first-order chi connectivity index (χ1) is 7.58. The number of ether oxygens (including phenoxy) is 2. The van der Waals surface area contributed by atoms with Crippen molar-refractivity contribution < 1.29 is 14.3 Å². The van der Waals surface area contributed by atoms with Gasteiger partial charge in [-0.05, 0) is 30.7 Å². The molecule has 0 saturated carbocycles. The average Bonchev–Trinajstić information content (AvgIpc) is 2.28. The maximum absolute atomic E-state index is 10.9. The zero-order chi connectivity index (χ0) is 12.1. The number of nitrogens with two attached hydrogens (primary N) is 1. The van der Waals surface area contributed by atoms with E-state index in [1.54, 1.807) is 39.4 Å². The largest absolute Gasteiger partial charge is 0.493 e. The van der Waals surface area contributed by atoms with Crippen molar-refractivity contribution in [2.24, 2.45) is 5.73 Å². The summed E-state index contributed by atoms with van der Waals surface area (Å²) in [5.41, 5.74) is 6.48. The number of rotatable bonds is 4. The van der Waals surface area contributed by atoms with Gasteiger partial charge in [-0.3, -0.25) is 4.79 Å². The summed E-state index contributed by atoms with van der Waals surface area (Å²) in [6.07, 6.45) is 1.70. The van der Waals surface area contributed by atoms with Gasteiger partial charge in [0.2, 0.25) is 5.91 Å². The van der Waals surface area contributed by atoms with Crippen LogP contribution in [0.15, 0.2) is 23.8 Å². The topological polar surface area (TPSA) is 61.5 Å². The van der Waals surface area contributed by atoms with Crippen LogP contribution < -0.4 is 15.2 Å². The van der Waals surface area contributed by atoms with Crippen LogP contribution in [-0.4, -0.2) is 20.1 Å². The van der Waals surface area contributed by atoms with Crippen molar-refractivity contribution in [3.05, 3.63) is 29.3 Å². The molecule has 0 aliphatic heterocycles. The van der Waals surface area contributed by atoms with Crippen molar-refractivity contribution in [3.63, 3.8) is 0 Å². The maximum Gasteiger partial charge on any atom is 0.244 e. The standard InChI is InChI=1S/C12H15NO3/c1-8(12(13)14)6-9-4-5-10(15-2)11(7-9)16-3/h4-7H,1-3H3,(H2,13,14). The summed E-state index contributed by atoms with van der Waals surface area (Å²) in [6.45, 7) is 1.67. The molecule has 2 N–H and O–H groups in total. The minimum atomic E-state index is -0.435. The Morgan fingerprint density at radius 2 is 1.88 bits per heavy atom. The molecule has 0 heterocycles. The molecule has 16 heavy (non-hydrogen) atoms. The van der Waals surface area contributed by atoms with Gasteiger partial charge in [0, 0.05) is 5.57 Å². The number of carbonyl (C=O) groups is 1. The van der Waals surface area contributed by atoms with Crippen LogP contribution in [0.3, 0.4) is 0 Å². The molecule has 0 unspecified atom stereocenters. The lowest BCUT2D eigenvalue weighted by Gasteiger charge is -2.07. The van der Waals surface area contributed by atoms with Crippen molar-refractivity contribution >= 4 is 12.0 Å². The van der Waals surface area contributed by atoms with Crippen LogP contribution in [0.25, 0.3) is 6.08 Å². The van der Waals surface area contributed by atoms with Gasteiger partial charge in [0.25, 0.3) is 0 Å². The molecular weight excluding hydrogens is 206 g/mol. The molecule has 4 heteroatoms. The van der Waals surface area contributed by atoms with Gasteiger partial charge in [-0.2, -0.15) is 0 Å². The average molecular weight is 221 g/mol. The molecular formula is C12H15NO3. The molecule has 0 aliphatic carbocycles. The van der Waals surface area contributed by atoms with Gasteiger partial charge in [0.05, 0.1) is 14.2 Å². The molecule has 1 aromatic rings. The van der Waals surface area contributed by atoms with E-state index >= 15 is 0 Å². The first-order valence-corrected chi connectivity index (χ1v) is 4.78. The summed E-state index contributed by atoms with van der Waals surface area (Å²) < 4.78 is 10.3. The first-order valence-electron chi connectivity index (χ1n) is 4.78. The van der Waals surface area contributed by atoms with E-state index in [1.807, 2.05) is 6.07 Å². The first kappa shape index (κ1) is 12.1. The Balaban J connectivity index is 3.09. The zero-order valence-corrected chi connectivity index (χ0v) is 9.61. The van der Waals surface area contributed by atoms with Crippen LogP contribution in [0.2, 0.25) is 0 Å². The number of methoxy groups -OCH3 is 2. The van der Waals surface area contributed by atoms with Crippen LogP contribution in [0.1, 0.15) is 12.5 Å². The van der Waals surface area contributed by atoms with E-state index in [2.05, 4.69) is 0 Å². The Bertz CT molecular complexity index is 424. The van der Waals surface area contributed by atoms with E-state index in [1.165, 1.54) is 0 Å². The van der Waals surface area contributed by atoms with Gasteiger partial charge >= 0.3 is 0 Å². The lowest BCUT2D eigenvalue weighted by molar-refractivity contribution is -0.114. The van der Waals surface area contributed by atoms with Crippen LogP contribution in [0.4, 0.5) is 0 Å². The molecule has 1 rings (SSSR count). The summed E-state index contributed by atoms with van der Waals surface area (Å²) in [7, 11) is 3.13. The quantitative estimate of drug-likeness (QED) is 0.785. The Kier molecular flexibility index (Phi) is 3.94. The number of amides is 1. The lowest BCUT2D eigenvalue weighted by atomic mass is 10.1. The van der Waals surface area contributed by atoms with Gasteiger partial charge in [-0.25, -0.2) is 0 Å². The summed E-state index contributed by atoms with van der Waals surface area (Å²) in [6, 6.07) is 5.39. The Morgan fingerprint density at radius 1 is 1.25 bits per heavy atom. The molecule has 0 radical (unpaired) electrons. The highest BCUT2D eigenvalue weighted by Gasteiger charge is 2.04. The van der Waals surface area contributed by atoms with Gasteiger partial charge < -0.3 is 15.2 Å². The van der Waals surface area contributed by atoms with Crippen molar-refractivity contribution in [2.75, 3.05) is 14.2 Å². The van der Waals surface area contributed by atoms with Crippen LogP contribution in [0, 0.1) is 0 Å². The predicted octanol–water partition coefficient (Wildman–Crippen LogP) is 1.59. The van der Waals surface area contributed by atoms with Crippen LogP contribution in [0.5, 0.6) is 11.5 Å². The highest BCUT2D eigenvalue weighted by atomic mass is 16.5. The Morgan fingerprint density at radius 3 is 2.38 bits per heavy atom. The van der Waals surface area contributed by atoms with E-state index < -0.39 is 5.91 Å². The van der Waals surface area contributed by atoms with Crippen molar-refractivity contribution in [3.8, 4) is 11.5 Å². The lowest BCUT2D eigenvalue weighted by Crippen LogP contribution is -2.11. The smallest absolute Gasteiger partial charge is 0.244 e. The van der Waals surface area contributed by atoms with Crippen molar-refractivity contribution in [1.29, 1.82) is 0 Å². The highest BCUT2D eigenvalue weighted by Crippen LogP contribution is 2.28. The number of benzene rings is 1. The minimum absolute atomic E-state index is 0.435. The molecule has 4 nitrogen and oxygen atoms in total. The fourth-order valence-corrected chi connectivity index (χ4v) is 1.26. The third-order valence-electron chi connectivity index (χ3n) is 2.18. The van der Waals surface area contributed by atoms with Gasteiger partial charge in [-0.1, -0.05) is 6.07 Å². The summed E-state index contributed by atoms with van der Waals surface area (Å²) in [5, 5.41) is 0. The SMILES string of the molecule is COc1ccc(C=C(C)C(N)=O)cc1OC. The predicted molar refractivity (Wildman–Crippen MR) is 62.4 cm³/mol. The van der Waals surface area contributed by atoms with E-state index in [4.69, 9.17) is 15.2 Å². The molecule has 0 bridgehead atoms. The molecule has 1 aromatic carbocycles. The molecule has 0 saturated heterocycles. The highest BCUT2D eigenvalue weighted by molar-refractivity contribution is 5.96. The molecule has 0 spiro atoms. The molecule has 0 atom stereocenters. The fraction of sp³-hybridized carbons (Fsp3) is 0.250. The van der Waals surface area contributed by atoms with Crippen molar-refractivity contribution in [1.82, 2.24) is 0 Å². The number of hydrogen-bond acceptors (Lipinski definition) is 3. The molecule has 86 valence electrons. The number of hydrogen-bond donors (Lipinski definition) is 1. The normalized spacial score (nSPS) is 11.1.